The van der Waals surface area contributed by atoms with E-state index in [0.717, 1.165) is 36.3 Å². The molecule has 0 radical (unpaired) electrons. The molecular formula is C22H25F3N2O3S. The summed E-state index contributed by atoms with van der Waals surface area (Å²) in [6, 6.07) is 11.4. The SMILES string of the molecule is O=S(=O)(N[C@@H]1CCN(Cc2ccc(OC3CCC3)cc2)C1)c1cccc(C(F)(F)F)c1. The van der Waals surface area contributed by atoms with Crippen molar-refractivity contribution in [2.45, 2.75) is 55.4 Å². The number of ether oxygens (including phenoxy) is 1. The summed E-state index contributed by atoms with van der Waals surface area (Å²) in [5.41, 5.74) is 0.121. The Morgan fingerprint density at radius 3 is 2.45 bits per heavy atom. The van der Waals surface area contributed by atoms with Gasteiger partial charge in [0.15, 0.2) is 0 Å². The van der Waals surface area contributed by atoms with Crippen molar-refractivity contribution >= 4 is 10.0 Å². The van der Waals surface area contributed by atoms with E-state index in [2.05, 4.69) is 9.62 Å². The summed E-state index contributed by atoms with van der Waals surface area (Å²) in [5.74, 6) is 0.863. The number of hydrogen-bond donors (Lipinski definition) is 1. The maximum absolute atomic E-state index is 12.9. The number of likely N-dealkylation sites (tertiary alicyclic amines) is 1. The van der Waals surface area contributed by atoms with E-state index >= 15 is 0 Å². The Balaban J connectivity index is 1.32. The van der Waals surface area contributed by atoms with Crippen molar-refractivity contribution in [3.05, 3.63) is 59.7 Å². The van der Waals surface area contributed by atoms with Gasteiger partial charge in [-0.05, 0) is 61.6 Å². The van der Waals surface area contributed by atoms with Crippen LogP contribution in [0.25, 0.3) is 0 Å². The fraction of sp³-hybridized carbons (Fsp3) is 0.455. The molecule has 1 atom stereocenters. The van der Waals surface area contributed by atoms with Crippen LogP contribution in [0.4, 0.5) is 13.2 Å². The molecule has 1 saturated carbocycles. The average Bonchev–Trinajstić information content (AvgIpc) is 3.11. The van der Waals surface area contributed by atoms with Gasteiger partial charge < -0.3 is 4.74 Å². The predicted octanol–water partition coefficient (Wildman–Crippen LogP) is 4.19. The molecule has 0 amide bonds. The molecule has 2 aliphatic rings. The summed E-state index contributed by atoms with van der Waals surface area (Å²) >= 11 is 0. The van der Waals surface area contributed by atoms with E-state index in [1.54, 1.807) is 0 Å². The molecular weight excluding hydrogens is 429 g/mol. The molecule has 168 valence electrons. The van der Waals surface area contributed by atoms with Crippen LogP contribution in [0, 0.1) is 0 Å². The number of alkyl halides is 3. The maximum Gasteiger partial charge on any atom is 0.416 e. The molecule has 5 nitrogen and oxygen atoms in total. The van der Waals surface area contributed by atoms with Gasteiger partial charge in [-0.3, -0.25) is 4.90 Å². The van der Waals surface area contributed by atoms with E-state index in [0.29, 0.717) is 38.2 Å². The van der Waals surface area contributed by atoms with Gasteiger partial charge in [0.1, 0.15) is 5.75 Å². The highest BCUT2D eigenvalue weighted by Crippen LogP contribution is 2.30. The van der Waals surface area contributed by atoms with Crippen LogP contribution in [0.2, 0.25) is 0 Å². The fourth-order valence-electron chi connectivity index (χ4n) is 3.81. The van der Waals surface area contributed by atoms with E-state index in [9.17, 15) is 21.6 Å². The molecule has 31 heavy (non-hydrogen) atoms. The lowest BCUT2D eigenvalue weighted by molar-refractivity contribution is -0.137. The van der Waals surface area contributed by atoms with Crippen molar-refractivity contribution < 1.29 is 26.3 Å². The number of halogens is 3. The first-order valence-corrected chi connectivity index (χ1v) is 11.8. The van der Waals surface area contributed by atoms with Crippen LogP contribution in [0.15, 0.2) is 53.4 Å². The zero-order valence-corrected chi connectivity index (χ0v) is 17.8. The van der Waals surface area contributed by atoms with E-state index < -0.39 is 21.8 Å². The largest absolute Gasteiger partial charge is 0.490 e. The summed E-state index contributed by atoms with van der Waals surface area (Å²) in [5, 5.41) is 0. The number of hydrogen-bond acceptors (Lipinski definition) is 4. The maximum atomic E-state index is 12.9. The highest BCUT2D eigenvalue weighted by molar-refractivity contribution is 7.89. The molecule has 1 aliphatic carbocycles. The summed E-state index contributed by atoms with van der Waals surface area (Å²) in [4.78, 5) is 1.75. The molecule has 0 aromatic heterocycles. The molecule has 2 aromatic carbocycles. The topological polar surface area (TPSA) is 58.6 Å². The van der Waals surface area contributed by atoms with Crippen LogP contribution < -0.4 is 9.46 Å². The van der Waals surface area contributed by atoms with Gasteiger partial charge >= 0.3 is 6.18 Å². The highest BCUT2D eigenvalue weighted by Gasteiger charge is 2.33. The second-order valence-electron chi connectivity index (χ2n) is 8.18. The Labute approximate surface area is 180 Å². The molecule has 1 N–H and O–H groups in total. The Morgan fingerprint density at radius 2 is 1.81 bits per heavy atom. The standard InChI is InChI=1S/C22H25F3N2O3S/c23-22(24,25)17-3-1-6-21(13-17)31(28,29)26-18-11-12-27(15-18)14-16-7-9-20(10-8-16)30-19-4-2-5-19/h1,3,6-10,13,18-19,26H,2,4-5,11-12,14-15H2/t18-/m1/s1. The van der Waals surface area contributed by atoms with E-state index in [1.165, 1.54) is 12.5 Å². The van der Waals surface area contributed by atoms with Crippen molar-refractivity contribution in [1.29, 1.82) is 0 Å². The monoisotopic (exact) mass is 454 g/mol. The minimum atomic E-state index is -4.59. The van der Waals surface area contributed by atoms with Gasteiger partial charge in [0.2, 0.25) is 10.0 Å². The predicted molar refractivity (Wildman–Crippen MR) is 110 cm³/mol. The summed E-state index contributed by atoms with van der Waals surface area (Å²) < 4.78 is 72.3. The van der Waals surface area contributed by atoms with Crippen LogP contribution in [0.1, 0.15) is 36.8 Å². The van der Waals surface area contributed by atoms with Crippen molar-refractivity contribution in [2.75, 3.05) is 13.1 Å². The minimum Gasteiger partial charge on any atom is -0.490 e. The quantitative estimate of drug-likeness (QED) is 0.682. The zero-order valence-electron chi connectivity index (χ0n) is 16.9. The number of nitrogens with one attached hydrogen (secondary N) is 1. The third-order valence-corrected chi connectivity index (χ3v) is 7.27. The molecule has 4 rings (SSSR count). The molecule has 1 aliphatic heterocycles. The van der Waals surface area contributed by atoms with E-state index in [4.69, 9.17) is 4.74 Å². The van der Waals surface area contributed by atoms with Crippen molar-refractivity contribution in [2.24, 2.45) is 0 Å². The first kappa shape index (κ1) is 22.1. The van der Waals surface area contributed by atoms with E-state index in [-0.39, 0.29) is 10.9 Å². The van der Waals surface area contributed by atoms with Gasteiger partial charge in [-0.1, -0.05) is 18.2 Å². The smallest absolute Gasteiger partial charge is 0.416 e. The van der Waals surface area contributed by atoms with Crippen molar-refractivity contribution in [1.82, 2.24) is 9.62 Å². The Kier molecular flexibility index (Phi) is 6.27. The molecule has 0 bridgehead atoms. The lowest BCUT2D eigenvalue weighted by Crippen LogP contribution is -2.37. The van der Waals surface area contributed by atoms with Gasteiger partial charge in [-0.25, -0.2) is 13.1 Å². The third kappa shape index (κ3) is 5.58. The van der Waals surface area contributed by atoms with Crippen molar-refractivity contribution in [3.8, 4) is 5.75 Å². The zero-order chi connectivity index (χ0) is 22.1. The summed E-state index contributed by atoms with van der Waals surface area (Å²) in [6.07, 6.45) is -0.234. The second-order valence-corrected chi connectivity index (χ2v) is 9.90. The number of nitrogens with zero attached hydrogens (tertiary/aromatic N) is 1. The van der Waals surface area contributed by atoms with Gasteiger partial charge in [0, 0.05) is 25.7 Å². The lowest BCUT2D eigenvalue weighted by Gasteiger charge is -2.26. The van der Waals surface area contributed by atoms with Gasteiger partial charge in [-0.2, -0.15) is 13.2 Å². The lowest BCUT2D eigenvalue weighted by atomic mass is 9.96. The summed E-state index contributed by atoms with van der Waals surface area (Å²) in [7, 11) is -4.03. The second kappa shape index (κ2) is 8.80. The average molecular weight is 455 g/mol. The van der Waals surface area contributed by atoms with Crippen LogP contribution in [0.5, 0.6) is 5.75 Å². The number of benzene rings is 2. The highest BCUT2D eigenvalue weighted by atomic mass is 32.2. The fourth-order valence-corrected chi connectivity index (χ4v) is 5.12. The number of rotatable bonds is 7. The molecule has 0 spiro atoms. The molecule has 1 heterocycles. The Bertz CT molecular complexity index is 1010. The van der Waals surface area contributed by atoms with Gasteiger partial charge in [-0.15, -0.1) is 0 Å². The molecule has 0 unspecified atom stereocenters. The number of sulfonamides is 1. The molecule has 2 aromatic rings. The molecule has 1 saturated heterocycles. The van der Waals surface area contributed by atoms with Gasteiger partial charge in [0.05, 0.1) is 16.6 Å². The first-order valence-electron chi connectivity index (χ1n) is 10.4. The Morgan fingerprint density at radius 1 is 1.06 bits per heavy atom. The van der Waals surface area contributed by atoms with Crippen LogP contribution in [0.3, 0.4) is 0 Å². The minimum absolute atomic E-state index is 0.329. The normalized spacial score (nSPS) is 20.5. The van der Waals surface area contributed by atoms with Crippen LogP contribution in [-0.4, -0.2) is 38.6 Å². The summed E-state index contributed by atoms with van der Waals surface area (Å²) in [6.45, 7) is 1.88. The molecule has 9 heteroatoms. The van der Waals surface area contributed by atoms with Crippen LogP contribution in [-0.2, 0) is 22.7 Å². The van der Waals surface area contributed by atoms with Crippen molar-refractivity contribution in [3.63, 3.8) is 0 Å². The van der Waals surface area contributed by atoms with E-state index in [1.807, 2.05) is 24.3 Å². The van der Waals surface area contributed by atoms with Crippen LogP contribution >= 0.6 is 0 Å². The Hall–Kier alpha value is -2.10. The molecule has 2 fully saturated rings. The first-order chi connectivity index (χ1) is 14.7. The third-order valence-electron chi connectivity index (χ3n) is 5.75. The van der Waals surface area contributed by atoms with Gasteiger partial charge in [0.25, 0.3) is 0 Å².